The van der Waals surface area contributed by atoms with Crippen molar-refractivity contribution in [3.8, 4) is 17.1 Å². The molecule has 7 heteroatoms. The predicted octanol–water partition coefficient (Wildman–Crippen LogP) is 1.97. The van der Waals surface area contributed by atoms with Crippen LogP contribution in [-0.2, 0) is 16.0 Å². The number of nitrogens with zero attached hydrogens (tertiary/aromatic N) is 2. The van der Waals surface area contributed by atoms with Gasteiger partial charge in [0.2, 0.25) is 17.6 Å². The van der Waals surface area contributed by atoms with E-state index in [1.165, 1.54) is 0 Å². The molecule has 1 aliphatic rings. The Kier molecular flexibility index (Phi) is 5.43. The van der Waals surface area contributed by atoms with Crippen LogP contribution in [0.5, 0.6) is 5.75 Å². The molecule has 1 atom stereocenters. The van der Waals surface area contributed by atoms with Gasteiger partial charge in [0.1, 0.15) is 5.75 Å². The predicted molar refractivity (Wildman–Crippen MR) is 86.6 cm³/mol. The lowest BCUT2D eigenvalue weighted by atomic mass is 10.2. The Bertz CT molecular complexity index is 680. The second-order valence-corrected chi connectivity index (χ2v) is 5.65. The minimum Gasteiger partial charge on any atom is -0.496 e. The van der Waals surface area contributed by atoms with E-state index in [-0.39, 0.29) is 12.0 Å². The largest absolute Gasteiger partial charge is 0.496 e. The summed E-state index contributed by atoms with van der Waals surface area (Å²) in [6.45, 7) is 1.35. The fourth-order valence-corrected chi connectivity index (χ4v) is 2.64. The number of hydrogen-bond acceptors (Lipinski definition) is 6. The molecule has 2 aromatic rings. The maximum absolute atomic E-state index is 11.9. The molecule has 0 saturated carbocycles. The minimum absolute atomic E-state index is 0.0393. The van der Waals surface area contributed by atoms with E-state index >= 15 is 0 Å². The van der Waals surface area contributed by atoms with Crippen LogP contribution in [0.4, 0.5) is 0 Å². The lowest BCUT2D eigenvalue weighted by Gasteiger charge is -2.09. The molecule has 0 aliphatic carbocycles. The molecule has 1 N–H and O–H groups in total. The van der Waals surface area contributed by atoms with Crippen molar-refractivity contribution in [3.63, 3.8) is 0 Å². The quantitative estimate of drug-likeness (QED) is 0.835. The second kappa shape index (κ2) is 7.92. The van der Waals surface area contributed by atoms with Gasteiger partial charge in [-0.1, -0.05) is 17.3 Å². The number of aryl methyl sites for hydroxylation is 1. The zero-order valence-corrected chi connectivity index (χ0v) is 13.7. The SMILES string of the molecule is COc1ccccc1-c1noc(CCC(=O)NCC2CCCO2)n1. The van der Waals surface area contributed by atoms with Crippen LogP contribution in [0.2, 0.25) is 0 Å². The molecule has 1 aromatic heterocycles. The Labute approximate surface area is 140 Å². The summed E-state index contributed by atoms with van der Waals surface area (Å²) < 4.78 is 16.0. The summed E-state index contributed by atoms with van der Waals surface area (Å²) >= 11 is 0. The summed E-state index contributed by atoms with van der Waals surface area (Å²) in [6.07, 6.45) is 2.93. The van der Waals surface area contributed by atoms with Crippen molar-refractivity contribution in [3.05, 3.63) is 30.2 Å². The van der Waals surface area contributed by atoms with Gasteiger partial charge in [0, 0.05) is 26.0 Å². The first kappa shape index (κ1) is 16.4. The Morgan fingerprint density at radius 2 is 2.29 bits per heavy atom. The number of aromatic nitrogens is 2. The fourth-order valence-electron chi connectivity index (χ4n) is 2.64. The van der Waals surface area contributed by atoms with Crippen molar-refractivity contribution in [2.24, 2.45) is 0 Å². The molecular weight excluding hydrogens is 310 g/mol. The smallest absolute Gasteiger partial charge is 0.227 e. The zero-order chi connectivity index (χ0) is 16.8. The molecule has 0 radical (unpaired) electrons. The zero-order valence-electron chi connectivity index (χ0n) is 13.7. The Morgan fingerprint density at radius 3 is 3.08 bits per heavy atom. The maximum Gasteiger partial charge on any atom is 0.227 e. The highest BCUT2D eigenvalue weighted by Crippen LogP contribution is 2.27. The number of methoxy groups -OCH3 is 1. The van der Waals surface area contributed by atoms with Crippen molar-refractivity contribution in [2.75, 3.05) is 20.3 Å². The van der Waals surface area contributed by atoms with Crippen molar-refractivity contribution in [2.45, 2.75) is 31.8 Å². The summed E-state index contributed by atoms with van der Waals surface area (Å²) in [6, 6.07) is 7.46. The van der Waals surface area contributed by atoms with Gasteiger partial charge >= 0.3 is 0 Å². The number of carbonyl (C=O) groups excluding carboxylic acids is 1. The van der Waals surface area contributed by atoms with Gasteiger partial charge < -0.3 is 19.3 Å². The molecule has 1 unspecified atom stereocenters. The summed E-state index contributed by atoms with van der Waals surface area (Å²) in [5.74, 6) is 1.53. The molecule has 1 aromatic carbocycles. The van der Waals surface area contributed by atoms with Crippen LogP contribution >= 0.6 is 0 Å². The van der Waals surface area contributed by atoms with E-state index in [4.69, 9.17) is 14.0 Å². The lowest BCUT2D eigenvalue weighted by molar-refractivity contribution is -0.121. The van der Waals surface area contributed by atoms with E-state index in [9.17, 15) is 4.79 Å². The summed E-state index contributed by atoms with van der Waals surface area (Å²) in [4.78, 5) is 16.2. The highest BCUT2D eigenvalue weighted by molar-refractivity contribution is 5.76. The van der Waals surface area contributed by atoms with E-state index in [1.54, 1.807) is 7.11 Å². The maximum atomic E-state index is 11.9. The number of nitrogens with one attached hydrogen (secondary N) is 1. The van der Waals surface area contributed by atoms with E-state index in [0.29, 0.717) is 36.9 Å². The first-order valence-electron chi connectivity index (χ1n) is 8.10. The van der Waals surface area contributed by atoms with Gasteiger partial charge in [0.15, 0.2) is 0 Å². The molecule has 7 nitrogen and oxygen atoms in total. The van der Waals surface area contributed by atoms with Crippen molar-refractivity contribution >= 4 is 5.91 Å². The van der Waals surface area contributed by atoms with Crippen LogP contribution in [0.15, 0.2) is 28.8 Å². The number of rotatable bonds is 7. The van der Waals surface area contributed by atoms with Gasteiger partial charge in [0.25, 0.3) is 0 Å². The normalized spacial score (nSPS) is 17.0. The van der Waals surface area contributed by atoms with Crippen LogP contribution in [0, 0.1) is 0 Å². The number of ether oxygens (including phenoxy) is 2. The van der Waals surface area contributed by atoms with Crippen LogP contribution in [0.25, 0.3) is 11.4 Å². The minimum atomic E-state index is -0.0393. The summed E-state index contributed by atoms with van der Waals surface area (Å²) in [5, 5.41) is 6.84. The van der Waals surface area contributed by atoms with Crippen molar-refractivity contribution in [1.29, 1.82) is 0 Å². The molecule has 1 saturated heterocycles. The Hall–Kier alpha value is -2.41. The molecule has 24 heavy (non-hydrogen) atoms. The molecule has 0 bridgehead atoms. The molecule has 3 rings (SSSR count). The Morgan fingerprint density at radius 1 is 1.42 bits per heavy atom. The van der Waals surface area contributed by atoms with Gasteiger partial charge in [-0.3, -0.25) is 4.79 Å². The lowest BCUT2D eigenvalue weighted by Crippen LogP contribution is -2.31. The monoisotopic (exact) mass is 331 g/mol. The third-order valence-electron chi connectivity index (χ3n) is 3.93. The van der Waals surface area contributed by atoms with Crippen LogP contribution in [0.3, 0.4) is 0 Å². The fraction of sp³-hybridized carbons (Fsp3) is 0.471. The van der Waals surface area contributed by atoms with Gasteiger partial charge in [0.05, 0.1) is 18.8 Å². The number of benzene rings is 1. The van der Waals surface area contributed by atoms with Gasteiger partial charge in [-0.05, 0) is 25.0 Å². The Balaban J connectivity index is 1.51. The average molecular weight is 331 g/mol. The highest BCUT2D eigenvalue weighted by Gasteiger charge is 2.17. The van der Waals surface area contributed by atoms with E-state index in [0.717, 1.165) is 25.0 Å². The van der Waals surface area contributed by atoms with Gasteiger partial charge in [-0.15, -0.1) is 0 Å². The van der Waals surface area contributed by atoms with Gasteiger partial charge in [-0.25, -0.2) is 0 Å². The number of para-hydroxylation sites is 1. The average Bonchev–Trinajstić information content (AvgIpc) is 3.29. The van der Waals surface area contributed by atoms with E-state index < -0.39 is 0 Å². The second-order valence-electron chi connectivity index (χ2n) is 5.65. The third kappa shape index (κ3) is 4.11. The first-order valence-corrected chi connectivity index (χ1v) is 8.10. The van der Waals surface area contributed by atoms with Crippen molar-refractivity contribution in [1.82, 2.24) is 15.5 Å². The van der Waals surface area contributed by atoms with E-state index in [2.05, 4.69) is 15.5 Å². The highest BCUT2D eigenvalue weighted by atomic mass is 16.5. The molecular formula is C17H21N3O4. The van der Waals surface area contributed by atoms with Crippen LogP contribution in [-0.4, -0.2) is 42.4 Å². The molecule has 1 aliphatic heterocycles. The summed E-state index contributed by atoms with van der Waals surface area (Å²) in [7, 11) is 1.60. The van der Waals surface area contributed by atoms with E-state index in [1.807, 2.05) is 24.3 Å². The number of hydrogen-bond donors (Lipinski definition) is 1. The molecule has 1 fully saturated rings. The third-order valence-corrected chi connectivity index (χ3v) is 3.93. The topological polar surface area (TPSA) is 86.5 Å². The van der Waals surface area contributed by atoms with Crippen LogP contribution in [0.1, 0.15) is 25.2 Å². The van der Waals surface area contributed by atoms with Crippen LogP contribution < -0.4 is 10.1 Å². The molecule has 1 amide bonds. The molecule has 128 valence electrons. The number of carbonyl (C=O) groups is 1. The standard InChI is InChI=1S/C17H21N3O4/c1-22-14-7-3-2-6-13(14)17-19-16(24-20-17)9-8-15(21)18-11-12-5-4-10-23-12/h2-3,6-7,12H,4-5,8-11H2,1H3,(H,18,21). The molecule has 0 spiro atoms. The first-order chi connectivity index (χ1) is 11.8. The summed E-state index contributed by atoms with van der Waals surface area (Å²) in [5.41, 5.74) is 0.762. The number of amides is 1. The van der Waals surface area contributed by atoms with Crippen molar-refractivity contribution < 1.29 is 18.8 Å². The molecule has 2 heterocycles. The van der Waals surface area contributed by atoms with Gasteiger partial charge in [-0.2, -0.15) is 4.98 Å².